The van der Waals surface area contributed by atoms with E-state index in [9.17, 15) is 4.79 Å². The third-order valence-electron chi connectivity index (χ3n) is 3.35. The van der Waals surface area contributed by atoms with Crippen LogP contribution in [0.15, 0.2) is 0 Å². The number of carbonyl (C=O) groups is 1. The number of rotatable bonds is 6. The van der Waals surface area contributed by atoms with Crippen LogP contribution in [0.4, 0.5) is 0 Å². The number of hydrogen-bond acceptors (Lipinski definition) is 3. The lowest BCUT2D eigenvalue weighted by Crippen LogP contribution is -2.69. The maximum Gasteiger partial charge on any atom is 0.305 e. The lowest BCUT2D eigenvalue weighted by molar-refractivity contribution is -0.139. The molecule has 0 saturated carbocycles. The second-order valence-corrected chi connectivity index (χ2v) is 5.06. The van der Waals surface area contributed by atoms with Crippen LogP contribution in [0, 0.1) is 11.8 Å². The summed E-state index contributed by atoms with van der Waals surface area (Å²) < 4.78 is 0. The zero-order valence-electron chi connectivity index (χ0n) is 9.84. The van der Waals surface area contributed by atoms with Crippen molar-refractivity contribution in [2.75, 3.05) is 19.6 Å². The van der Waals surface area contributed by atoms with Crippen molar-refractivity contribution in [3.05, 3.63) is 0 Å². The summed E-state index contributed by atoms with van der Waals surface area (Å²) in [6, 6.07) is 0. The van der Waals surface area contributed by atoms with Gasteiger partial charge in [-0.2, -0.15) is 0 Å². The Balaban J connectivity index is 2.37. The molecule has 4 heteroatoms. The zero-order chi connectivity index (χ0) is 11.5. The molecular weight excluding hydrogens is 192 g/mol. The predicted molar refractivity (Wildman–Crippen MR) is 59.9 cm³/mol. The fourth-order valence-electron chi connectivity index (χ4n) is 1.64. The highest BCUT2D eigenvalue weighted by Gasteiger charge is 2.38. The van der Waals surface area contributed by atoms with Crippen LogP contribution in [-0.4, -0.2) is 36.2 Å². The molecule has 3 N–H and O–H groups in total. The third kappa shape index (κ3) is 3.47. The van der Waals surface area contributed by atoms with E-state index in [0.717, 1.165) is 19.6 Å². The highest BCUT2D eigenvalue weighted by atomic mass is 16.4. The Morgan fingerprint density at radius 2 is 2.07 bits per heavy atom. The first-order chi connectivity index (χ1) is 6.95. The normalized spacial score (nSPS) is 21.1. The summed E-state index contributed by atoms with van der Waals surface area (Å²) in [5.74, 6) is 0.491. The van der Waals surface area contributed by atoms with Gasteiger partial charge in [-0.15, -0.1) is 0 Å². The molecule has 1 aliphatic rings. The minimum atomic E-state index is -0.721. The number of hydrogen-bond donors (Lipinski definition) is 3. The van der Waals surface area contributed by atoms with Crippen LogP contribution >= 0.6 is 0 Å². The molecule has 1 fully saturated rings. The van der Waals surface area contributed by atoms with Crippen molar-refractivity contribution in [2.45, 2.75) is 32.7 Å². The summed E-state index contributed by atoms with van der Waals surface area (Å²) in [6.45, 7) is 9.00. The summed E-state index contributed by atoms with van der Waals surface area (Å²) in [5, 5.41) is 15.4. The van der Waals surface area contributed by atoms with Gasteiger partial charge in [0.05, 0.1) is 12.0 Å². The topological polar surface area (TPSA) is 61.4 Å². The van der Waals surface area contributed by atoms with Crippen LogP contribution in [0.2, 0.25) is 0 Å². The number of nitrogens with one attached hydrogen (secondary N) is 2. The van der Waals surface area contributed by atoms with E-state index in [2.05, 4.69) is 31.4 Å². The first kappa shape index (κ1) is 12.5. The lowest BCUT2D eigenvalue weighted by Gasteiger charge is -2.43. The van der Waals surface area contributed by atoms with E-state index < -0.39 is 5.97 Å². The number of aliphatic carboxylic acids is 1. The molecule has 0 spiro atoms. The quantitative estimate of drug-likeness (QED) is 0.608. The molecule has 0 aromatic heterocycles. The van der Waals surface area contributed by atoms with Crippen molar-refractivity contribution in [3.8, 4) is 0 Å². The number of carboxylic acid groups (broad SMARTS) is 1. The van der Waals surface area contributed by atoms with Gasteiger partial charge in [-0.3, -0.25) is 4.79 Å². The van der Waals surface area contributed by atoms with Crippen molar-refractivity contribution in [1.29, 1.82) is 0 Å². The van der Waals surface area contributed by atoms with Gasteiger partial charge in [0.15, 0.2) is 0 Å². The molecule has 0 aliphatic carbocycles. The van der Waals surface area contributed by atoms with Crippen molar-refractivity contribution in [2.24, 2.45) is 11.8 Å². The Labute approximate surface area is 91.4 Å². The minimum absolute atomic E-state index is 0.199. The van der Waals surface area contributed by atoms with Crippen LogP contribution in [0.1, 0.15) is 27.2 Å². The molecule has 1 atom stereocenters. The summed E-state index contributed by atoms with van der Waals surface area (Å²) in [6.07, 6.45) is 0.213. The molecule has 4 nitrogen and oxygen atoms in total. The number of carboxylic acids is 1. The fraction of sp³-hybridized carbons (Fsp3) is 0.909. The molecule has 1 rings (SSSR count). The van der Waals surface area contributed by atoms with Gasteiger partial charge in [-0.1, -0.05) is 20.8 Å². The molecule has 15 heavy (non-hydrogen) atoms. The predicted octanol–water partition coefficient (Wildman–Crippen LogP) is 0.685. The third-order valence-corrected chi connectivity index (χ3v) is 3.35. The van der Waals surface area contributed by atoms with Gasteiger partial charge in [-0.25, -0.2) is 0 Å². The SMILES string of the molecule is CC(C)C(C)CNC1(CC(=O)O)CNC1. The second-order valence-electron chi connectivity index (χ2n) is 5.06. The second kappa shape index (κ2) is 4.94. The molecule has 0 aromatic carbocycles. The largest absolute Gasteiger partial charge is 0.481 e. The molecule has 88 valence electrons. The average molecular weight is 214 g/mol. The van der Waals surface area contributed by atoms with Gasteiger partial charge in [0.2, 0.25) is 0 Å². The Morgan fingerprint density at radius 1 is 1.47 bits per heavy atom. The Hall–Kier alpha value is -0.610. The van der Waals surface area contributed by atoms with E-state index in [1.165, 1.54) is 0 Å². The Bertz CT molecular complexity index is 225. The van der Waals surface area contributed by atoms with E-state index in [0.29, 0.717) is 11.8 Å². The maximum absolute atomic E-state index is 10.7. The fourth-order valence-corrected chi connectivity index (χ4v) is 1.64. The zero-order valence-corrected chi connectivity index (χ0v) is 9.84. The van der Waals surface area contributed by atoms with Crippen LogP contribution in [0.3, 0.4) is 0 Å². The van der Waals surface area contributed by atoms with Crippen molar-refractivity contribution in [3.63, 3.8) is 0 Å². The van der Waals surface area contributed by atoms with E-state index in [-0.39, 0.29) is 12.0 Å². The smallest absolute Gasteiger partial charge is 0.305 e. The van der Waals surface area contributed by atoms with Gasteiger partial charge in [0.1, 0.15) is 0 Å². The summed E-state index contributed by atoms with van der Waals surface area (Å²) in [5.41, 5.74) is -0.199. The summed E-state index contributed by atoms with van der Waals surface area (Å²) in [4.78, 5) is 10.7. The minimum Gasteiger partial charge on any atom is -0.481 e. The van der Waals surface area contributed by atoms with Crippen LogP contribution in [0.5, 0.6) is 0 Å². The molecule has 0 amide bonds. The van der Waals surface area contributed by atoms with Gasteiger partial charge in [0, 0.05) is 13.1 Å². The van der Waals surface area contributed by atoms with Crippen molar-refractivity contribution < 1.29 is 9.90 Å². The van der Waals surface area contributed by atoms with E-state index in [4.69, 9.17) is 5.11 Å². The van der Waals surface area contributed by atoms with Gasteiger partial charge in [-0.05, 0) is 18.4 Å². The maximum atomic E-state index is 10.7. The molecule has 0 aromatic rings. The molecule has 0 radical (unpaired) electrons. The molecule has 1 unspecified atom stereocenters. The highest BCUT2D eigenvalue weighted by molar-refractivity contribution is 5.68. The van der Waals surface area contributed by atoms with Crippen molar-refractivity contribution in [1.82, 2.24) is 10.6 Å². The monoisotopic (exact) mass is 214 g/mol. The average Bonchev–Trinajstić information content (AvgIpc) is 2.08. The molecule has 1 heterocycles. The van der Waals surface area contributed by atoms with Gasteiger partial charge < -0.3 is 15.7 Å². The molecule has 0 bridgehead atoms. The summed E-state index contributed by atoms with van der Waals surface area (Å²) >= 11 is 0. The van der Waals surface area contributed by atoms with Crippen LogP contribution in [-0.2, 0) is 4.79 Å². The van der Waals surface area contributed by atoms with Gasteiger partial charge >= 0.3 is 5.97 Å². The van der Waals surface area contributed by atoms with Crippen molar-refractivity contribution >= 4 is 5.97 Å². The molecule has 1 saturated heterocycles. The Kier molecular flexibility index (Phi) is 4.11. The van der Waals surface area contributed by atoms with E-state index in [1.807, 2.05) is 0 Å². The highest BCUT2D eigenvalue weighted by Crippen LogP contribution is 2.17. The standard InChI is InChI=1S/C11H22N2O2/c1-8(2)9(3)5-13-11(4-10(14)15)6-12-7-11/h8-9,12-13H,4-7H2,1-3H3,(H,14,15). The first-order valence-corrected chi connectivity index (χ1v) is 5.63. The lowest BCUT2D eigenvalue weighted by atomic mass is 9.87. The molecule has 1 aliphatic heterocycles. The van der Waals surface area contributed by atoms with Crippen LogP contribution < -0.4 is 10.6 Å². The van der Waals surface area contributed by atoms with Gasteiger partial charge in [0.25, 0.3) is 0 Å². The van der Waals surface area contributed by atoms with E-state index in [1.54, 1.807) is 0 Å². The molecular formula is C11H22N2O2. The first-order valence-electron chi connectivity index (χ1n) is 5.63. The Morgan fingerprint density at radius 3 is 2.40 bits per heavy atom. The van der Waals surface area contributed by atoms with Crippen LogP contribution in [0.25, 0.3) is 0 Å². The van der Waals surface area contributed by atoms with E-state index >= 15 is 0 Å². The summed E-state index contributed by atoms with van der Waals surface area (Å²) in [7, 11) is 0.